The predicted molar refractivity (Wildman–Crippen MR) is 165 cm³/mol. The number of halogens is 2. The molecule has 0 saturated heterocycles. The van der Waals surface area contributed by atoms with Crippen LogP contribution in [0.3, 0.4) is 0 Å². The van der Waals surface area contributed by atoms with Crippen LogP contribution >= 0.6 is 0 Å². The van der Waals surface area contributed by atoms with E-state index in [0.717, 1.165) is 37.0 Å². The Balaban J connectivity index is 1.37. The van der Waals surface area contributed by atoms with Gasteiger partial charge in [-0.2, -0.15) is 0 Å². The lowest BCUT2D eigenvalue weighted by molar-refractivity contribution is -0.0153. The van der Waals surface area contributed by atoms with Gasteiger partial charge in [0, 0.05) is 17.7 Å². The standard InChI is InChI=1S/C37H44F2O/c1-3-5-6-7-8-9-10-14-28-40-37(25-4-2)26-23-32(24-27-37)34-22-21-33(35(38)36(34)39)31-19-17-30(18-20-31)29-15-12-11-13-16-29/h11-13,15-24,26H,3-10,14,25,27-28H2,1-2H3. The summed E-state index contributed by atoms with van der Waals surface area (Å²) in [5.74, 6) is -1.61. The highest BCUT2D eigenvalue weighted by Gasteiger charge is 2.29. The van der Waals surface area contributed by atoms with Crippen LogP contribution in [0.25, 0.3) is 27.8 Å². The molecular weight excluding hydrogens is 498 g/mol. The number of ether oxygens (including phenoxy) is 1. The predicted octanol–water partition coefficient (Wildman–Crippen LogP) is 11.3. The van der Waals surface area contributed by atoms with Gasteiger partial charge in [0.25, 0.3) is 0 Å². The van der Waals surface area contributed by atoms with Crippen molar-refractivity contribution in [3.63, 3.8) is 0 Å². The summed E-state index contributed by atoms with van der Waals surface area (Å²) >= 11 is 0. The second-order valence-corrected chi connectivity index (χ2v) is 11.1. The minimum Gasteiger partial charge on any atom is -0.371 e. The van der Waals surface area contributed by atoms with Gasteiger partial charge in [0.1, 0.15) is 0 Å². The number of allylic oxidation sites excluding steroid dienone is 2. The first-order valence-electron chi connectivity index (χ1n) is 15.2. The Kier molecular flexibility index (Phi) is 11.3. The van der Waals surface area contributed by atoms with Crippen molar-refractivity contribution in [3.8, 4) is 22.3 Å². The third kappa shape index (κ3) is 7.79. The van der Waals surface area contributed by atoms with Crippen molar-refractivity contribution in [2.75, 3.05) is 6.61 Å². The first kappa shape index (κ1) is 29.9. The zero-order valence-electron chi connectivity index (χ0n) is 24.2. The highest BCUT2D eigenvalue weighted by molar-refractivity contribution is 5.78. The second-order valence-electron chi connectivity index (χ2n) is 11.1. The molecule has 0 saturated carbocycles. The molecule has 3 aromatic rings. The van der Waals surface area contributed by atoms with Gasteiger partial charge < -0.3 is 4.74 Å². The average Bonchev–Trinajstić information content (AvgIpc) is 2.99. The number of hydrogen-bond acceptors (Lipinski definition) is 1. The van der Waals surface area contributed by atoms with E-state index in [1.807, 2.05) is 66.7 Å². The summed E-state index contributed by atoms with van der Waals surface area (Å²) in [6, 6.07) is 21.0. The molecule has 0 heterocycles. The average molecular weight is 543 g/mol. The van der Waals surface area contributed by atoms with E-state index in [4.69, 9.17) is 4.74 Å². The van der Waals surface area contributed by atoms with E-state index in [1.165, 1.54) is 44.9 Å². The molecule has 1 unspecified atom stereocenters. The van der Waals surface area contributed by atoms with Crippen molar-refractivity contribution >= 4 is 5.57 Å². The quantitative estimate of drug-likeness (QED) is 0.174. The van der Waals surface area contributed by atoms with Gasteiger partial charge in [-0.05, 0) is 41.5 Å². The van der Waals surface area contributed by atoms with Gasteiger partial charge in [0.2, 0.25) is 0 Å². The summed E-state index contributed by atoms with van der Waals surface area (Å²) in [6.45, 7) is 5.15. The van der Waals surface area contributed by atoms with Gasteiger partial charge in [0.15, 0.2) is 11.6 Å². The second kappa shape index (κ2) is 15.1. The Morgan fingerprint density at radius 2 is 1.25 bits per heavy atom. The summed E-state index contributed by atoms with van der Waals surface area (Å²) in [4.78, 5) is 0. The number of hydrogen-bond donors (Lipinski definition) is 0. The Bertz CT molecular complexity index is 1260. The molecule has 212 valence electrons. The SMILES string of the molecule is CCCCCCCCCCOC1(CCC)C=CC(c2ccc(-c3ccc(-c4ccccc4)cc3)c(F)c2F)=CC1. The van der Waals surface area contributed by atoms with Crippen LogP contribution in [0.15, 0.2) is 85.0 Å². The maximum absolute atomic E-state index is 15.4. The zero-order chi connectivity index (χ0) is 28.2. The lowest BCUT2D eigenvalue weighted by atomic mass is 9.85. The smallest absolute Gasteiger partial charge is 0.167 e. The minimum atomic E-state index is -0.810. The maximum Gasteiger partial charge on any atom is 0.167 e. The molecule has 3 aromatic carbocycles. The maximum atomic E-state index is 15.4. The van der Waals surface area contributed by atoms with Crippen LogP contribution < -0.4 is 0 Å². The molecule has 0 bridgehead atoms. The molecule has 0 amide bonds. The third-order valence-corrected chi connectivity index (χ3v) is 7.99. The Morgan fingerprint density at radius 3 is 1.90 bits per heavy atom. The molecule has 1 aliphatic carbocycles. The van der Waals surface area contributed by atoms with Gasteiger partial charge in [-0.1, -0.05) is 150 Å². The van der Waals surface area contributed by atoms with Gasteiger partial charge in [0.05, 0.1) is 5.60 Å². The van der Waals surface area contributed by atoms with Crippen molar-refractivity contribution in [3.05, 3.63) is 102 Å². The minimum absolute atomic E-state index is 0.273. The van der Waals surface area contributed by atoms with E-state index >= 15 is 8.78 Å². The molecule has 0 aromatic heterocycles. The normalized spacial score (nSPS) is 16.8. The van der Waals surface area contributed by atoms with Crippen molar-refractivity contribution < 1.29 is 13.5 Å². The van der Waals surface area contributed by atoms with Gasteiger partial charge in [-0.15, -0.1) is 0 Å². The van der Waals surface area contributed by atoms with Crippen LogP contribution in [0, 0.1) is 11.6 Å². The molecule has 4 rings (SSSR count). The summed E-state index contributed by atoms with van der Waals surface area (Å²) in [5.41, 5.74) is 3.72. The molecule has 1 aliphatic rings. The van der Waals surface area contributed by atoms with E-state index in [1.54, 1.807) is 12.1 Å². The van der Waals surface area contributed by atoms with E-state index in [0.29, 0.717) is 23.1 Å². The van der Waals surface area contributed by atoms with Crippen molar-refractivity contribution in [1.82, 2.24) is 0 Å². The monoisotopic (exact) mass is 542 g/mol. The van der Waals surface area contributed by atoms with Crippen LogP contribution in [0.4, 0.5) is 8.78 Å². The molecule has 0 N–H and O–H groups in total. The van der Waals surface area contributed by atoms with Crippen LogP contribution in [0.2, 0.25) is 0 Å². The summed E-state index contributed by atoms with van der Waals surface area (Å²) < 4.78 is 37.1. The van der Waals surface area contributed by atoms with E-state index < -0.39 is 11.6 Å². The van der Waals surface area contributed by atoms with E-state index in [9.17, 15) is 0 Å². The fourth-order valence-electron chi connectivity index (χ4n) is 5.63. The summed E-state index contributed by atoms with van der Waals surface area (Å²) in [6.07, 6.45) is 18.8. The highest BCUT2D eigenvalue weighted by atomic mass is 19.2. The molecular formula is C37H44F2O. The highest BCUT2D eigenvalue weighted by Crippen LogP contribution is 2.36. The van der Waals surface area contributed by atoms with Crippen LogP contribution in [0.1, 0.15) is 90.0 Å². The number of unbranched alkanes of at least 4 members (excludes halogenated alkanes) is 7. The number of benzene rings is 3. The van der Waals surface area contributed by atoms with Crippen molar-refractivity contribution in [2.24, 2.45) is 0 Å². The van der Waals surface area contributed by atoms with Gasteiger partial charge in [-0.3, -0.25) is 0 Å². The van der Waals surface area contributed by atoms with Crippen molar-refractivity contribution in [1.29, 1.82) is 0 Å². The van der Waals surface area contributed by atoms with Crippen LogP contribution in [-0.2, 0) is 4.74 Å². The topological polar surface area (TPSA) is 9.23 Å². The molecule has 1 nitrogen and oxygen atoms in total. The van der Waals surface area contributed by atoms with Crippen molar-refractivity contribution in [2.45, 2.75) is 90.1 Å². The van der Waals surface area contributed by atoms with Crippen LogP contribution in [0.5, 0.6) is 0 Å². The molecule has 40 heavy (non-hydrogen) atoms. The lowest BCUT2D eigenvalue weighted by Crippen LogP contribution is -2.31. The first-order chi connectivity index (χ1) is 19.6. The fourth-order valence-corrected chi connectivity index (χ4v) is 5.63. The Hall–Kier alpha value is -3.04. The van der Waals surface area contributed by atoms with E-state index in [-0.39, 0.29) is 11.2 Å². The summed E-state index contributed by atoms with van der Waals surface area (Å²) in [7, 11) is 0. The molecule has 0 aliphatic heterocycles. The lowest BCUT2D eigenvalue weighted by Gasteiger charge is -2.32. The Labute approximate surface area is 240 Å². The molecule has 1 atom stereocenters. The van der Waals surface area contributed by atoms with Gasteiger partial charge in [-0.25, -0.2) is 8.78 Å². The van der Waals surface area contributed by atoms with Gasteiger partial charge >= 0.3 is 0 Å². The largest absolute Gasteiger partial charge is 0.371 e. The molecule has 0 fully saturated rings. The molecule has 3 heteroatoms. The first-order valence-corrected chi connectivity index (χ1v) is 15.2. The molecule has 0 spiro atoms. The van der Waals surface area contributed by atoms with Crippen LogP contribution in [-0.4, -0.2) is 12.2 Å². The fraction of sp³-hybridized carbons (Fsp3) is 0.405. The third-order valence-electron chi connectivity index (χ3n) is 7.99. The zero-order valence-corrected chi connectivity index (χ0v) is 24.2. The molecule has 0 radical (unpaired) electrons. The summed E-state index contributed by atoms with van der Waals surface area (Å²) in [5, 5.41) is 0. The number of rotatable bonds is 15. The van der Waals surface area contributed by atoms with E-state index in [2.05, 4.69) is 19.9 Å². The Morgan fingerprint density at radius 1 is 0.650 bits per heavy atom.